The minimum Gasteiger partial charge on any atom is -0.496 e. The molecule has 31 heavy (non-hydrogen) atoms. The van der Waals surface area contributed by atoms with E-state index in [9.17, 15) is 18.0 Å². The van der Waals surface area contributed by atoms with Crippen molar-refractivity contribution in [3.63, 3.8) is 0 Å². The van der Waals surface area contributed by atoms with E-state index < -0.39 is 10.0 Å². The molecule has 1 fully saturated rings. The van der Waals surface area contributed by atoms with Crippen LogP contribution in [0.3, 0.4) is 0 Å². The van der Waals surface area contributed by atoms with Crippen molar-refractivity contribution in [2.45, 2.75) is 25.2 Å². The predicted octanol–water partition coefficient (Wildman–Crippen LogP) is 0.953. The molecule has 10 nitrogen and oxygen atoms in total. The summed E-state index contributed by atoms with van der Waals surface area (Å²) in [5.41, 5.74) is 0.720. The van der Waals surface area contributed by atoms with Crippen LogP contribution in [0.2, 0.25) is 0 Å². The van der Waals surface area contributed by atoms with Crippen LogP contribution in [0.25, 0.3) is 0 Å². The number of hydrogen-bond donors (Lipinski definition) is 1. The van der Waals surface area contributed by atoms with E-state index in [0.29, 0.717) is 17.0 Å². The summed E-state index contributed by atoms with van der Waals surface area (Å²) in [6.45, 7) is 4.25. The first-order valence-corrected chi connectivity index (χ1v) is 11.3. The van der Waals surface area contributed by atoms with Crippen molar-refractivity contribution >= 4 is 21.8 Å². The van der Waals surface area contributed by atoms with Crippen LogP contribution in [0.5, 0.6) is 5.75 Å². The summed E-state index contributed by atoms with van der Waals surface area (Å²) in [7, 11) is -2.24. The molecule has 168 valence electrons. The maximum atomic E-state index is 12.9. The maximum absolute atomic E-state index is 12.9. The summed E-state index contributed by atoms with van der Waals surface area (Å²) in [6, 6.07) is 6.84. The van der Waals surface area contributed by atoms with Crippen LogP contribution in [0.4, 0.5) is 0 Å². The van der Waals surface area contributed by atoms with E-state index in [1.165, 1.54) is 11.4 Å². The van der Waals surface area contributed by atoms with Crippen LogP contribution in [0, 0.1) is 13.8 Å². The highest BCUT2D eigenvalue weighted by Gasteiger charge is 2.34. The zero-order chi connectivity index (χ0) is 22.6. The van der Waals surface area contributed by atoms with Crippen LogP contribution in [0.15, 0.2) is 33.7 Å². The van der Waals surface area contributed by atoms with Gasteiger partial charge in [0.25, 0.3) is 5.91 Å². The lowest BCUT2D eigenvalue weighted by molar-refractivity contribution is -0.132. The molecule has 1 aromatic carbocycles. The standard InChI is InChI=1S/C20H26N4O6S/c1-14-19(15(2)30-22-14)31(27,28)24-12-10-23(11-13-24)18(25)8-9-21-20(26)16-6-4-5-7-17(16)29-3/h4-7H,8-13H2,1-3H3,(H,21,26). The van der Waals surface area contributed by atoms with Gasteiger partial charge < -0.3 is 19.5 Å². The largest absolute Gasteiger partial charge is 0.496 e. The van der Waals surface area contributed by atoms with Crippen molar-refractivity contribution in [3.8, 4) is 5.75 Å². The quantitative estimate of drug-likeness (QED) is 0.666. The van der Waals surface area contributed by atoms with E-state index in [-0.39, 0.29) is 61.6 Å². The number of sulfonamides is 1. The molecule has 1 saturated heterocycles. The molecule has 11 heteroatoms. The Labute approximate surface area is 181 Å². The second-order valence-corrected chi connectivity index (χ2v) is 9.02. The highest BCUT2D eigenvalue weighted by atomic mass is 32.2. The molecule has 0 atom stereocenters. The number of methoxy groups -OCH3 is 1. The average Bonchev–Trinajstić information content (AvgIpc) is 3.12. The molecule has 0 aliphatic carbocycles. The second kappa shape index (κ2) is 9.48. The second-order valence-electron chi connectivity index (χ2n) is 7.14. The summed E-state index contributed by atoms with van der Waals surface area (Å²) >= 11 is 0. The maximum Gasteiger partial charge on any atom is 0.255 e. The Balaban J connectivity index is 1.50. The van der Waals surface area contributed by atoms with Crippen LogP contribution < -0.4 is 10.1 Å². The third-order valence-electron chi connectivity index (χ3n) is 5.13. The molecular weight excluding hydrogens is 424 g/mol. The fourth-order valence-electron chi connectivity index (χ4n) is 3.52. The van der Waals surface area contributed by atoms with Crippen molar-refractivity contribution in [2.24, 2.45) is 0 Å². The lowest BCUT2D eigenvalue weighted by Crippen LogP contribution is -2.51. The number of benzene rings is 1. The number of aromatic nitrogens is 1. The van der Waals surface area contributed by atoms with Gasteiger partial charge in [0.2, 0.25) is 15.9 Å². The molecular formula is C20H26N4O6S. The molecule has 0 unspecified atom stereocenters. The normalized spacial score (nSPS) is 15.0. The number of ether oxygens (including phenoxy) is 1. The van der Waals surface area contributed by atoms with Gasteiger partial charge in [-0.15, -0.1) is 0 Å². The Morgan fingerprint density at radius 2 is 1.84 bits per heavy atom. The topological polar surface area (TPSA) is 122 Å². The van der Waals surface area contributed by atoms with Gasteiger partial charge >= 0.3 is 0 Å². The smallest absolute Gasteiger partial charge is 0.255 e. The molecule has 1 aromatic heterocycles. The van der Waals surface area contributed by atoms with Crippen LogP contribution in [-0.4, -0.2) is 74.4 Å². The van der Waals surface area contributed by atoms with Gasteiger partial charge in [0.05, 0.1) is 12.7 Å². The van der Waals surface area contributed by atoms with E-state index in [1.54, 1.807) is 43.0 Å². The highest BCUT2D eigenvalue weighted by Crippen LogP contribution is 2.24. The number of aryl methyl sites for hydroxylation is 2. The van der Waals surface area contributed by atoms with Gasteiger partial charge in [0.15, 0.2) is 5.76 Å². The fraction of sp³-hybridized carbons (Fsp3) is 0.450. The summed E-state index contributed by atoms with van der Waals surface area (Å²) in [6.07, 6.45) is 0.123. The molecule has 3 rings (SSSR count). The van der Waals surface area contributed by atoms with Crippen molar-refractivity contribution < 1.29 is 27.3 Å². The minimum absolute atomic E-state index is 0.0892. The van der Waals surface area contributed by atoms with Gasteiger partial charge in [-0.3, -0.25) is 9.59 Å². The lowest BCUT2D eigenvalue weighted by Gasteiger charge is -2.34. The lowest BCUT2D eigenvalue weighted by atomic mass is 10.2. The predicted molar refractivity (Wildman–Crippen MR) is 111 cm³/mol. The third kappa shape index (κ3) is 4.88. The number of carbonyl (C=O) groups is 2. The first-order valence-electron chi connectivity index (χ1n) is 9.87. The molecule has 0 bridgehead atoms. The van der Waals surface area contributed by atoms with E-state index in [4.69, 9.17) is 9.26 Å². The molecule has 2 heterocycles. The third-order valence-corrected chi connectivity index (χ3v) is 7.28. The van der Waals surface area contributed by atoms with Crippen molar-refractivity contribution in [1.82, 2.24) is 19.7 Å². The molecule has 0 saturated carbocycles. The molecule has 0 spiro atoms. The monoisotopic (exact) mass is 450 g/mol. The van der Waals surface area contributed by atoms with Crippen LogP contribution in [0.1, 0.15) is 28.2 Å². The number of amides is 2. The highest BCUT2D eigenvalue weighted by molar-refractivity contribution is 7.89. The summed E-state index contributed by atoms with van der Waals surface area (Å²) < 4.78 is 37.2. The summed E-state index contributed by atoms with van der Waals surface area (Å²) in [4.78, 5) is 26.5. The van der Waals surface area contributed by atoms with Crippen molar-refractivity contribution in [1.29, 1.82) is 0 Å². The molecule has 1 aliphatic heterocycles. The zero-order valence-corrected chi connectivity index (χ0v) is 18.6. The van der Waals surface area contributed by atoms with Gasteiger partial charge in [-0.2, -0.15) is 4.31 Å². The summed E-state index contributed by atoms with van der Waals surface area (Å²) in [5, 5.41) is 6.43. The average molecular weight is 451 g/mol. The van der Waals surface area contributed by atoms with Crippen molar-refractivity contribution in [3.05, 3.63) is 41.3 Å². The van der Waals surface area contributed by atoms with Gasteiger partial charge in [-0.05, 0) is 26.0 Å². The molecule has 0 radical (unpaired) electrons. The number of carbonyl (C=O) groups excluding carboxylic acids is 2. The zero-order valence-electron chi connectivity index (χ0n) is 17.8. The number of nitrogens with zero attached hydrogens (tertiary/aromatic N) is 3. The number of rotatable bonds is 7. The van der Waals surface area contributed by atoms with Gasteiger partial charge in [-0.1, -0.05) is 17.3 Å². The number of nitrogens with one attached hydrogen (secondary N) is 1. The Morgan fingerprint density at radius 3 is 2.45 bits per heavy atom. The Bertz CT molecular complexity index is 1040. The minimum atomic E-state index is -3.72. The molecule has 2 aromatic rings. The van der Waals surface area contributed by atoms with Gasteiger partial charge in [-0.25, -0.2) is 8.42 Å². The Kier molecular flexibility index (Phi) is 6.96. The summed E-state index contributed by atoms with van der Waals surface area (Å²) in [5.74, 6) is 0.249. The Morgan fingerprint density at radius 1 is 1.16 bits per heavy atom. The van der Waals surface area contributed by atoms with Gasteiger partial charge in [0.1, 0.15) is 16.3 Å². The van der Waals surface area contributed by atoms with Crippen LogP contribution in [-0.2, 0) is 14.8 Å². The fourth-order valence-corrected chi connectivity index (χ4v) is 5.23. The SMILES string of the molecule is COc1ccccc1C(=O)NCCC(=O)N1CCN(S(=O)(=O)c2c(C)noc2C)CC1. The Hall–Kier alpha value is -2.92. The van der Waals surface area contributed by atoms with E-state index in [0.717, 1.165) is 0 Å². The molecule has 1 N–H and O–H groups in total. The first kappa shape index (κ1) is 22.8. The molecule has 2 amide bonds. The van der Waals surface area contributed by atoms with Crippen molar-refractivity contribution in [2.75, 3.05) is 39.8 Å². The first-order chi connectivity index (χ1) is 14.8. The van der Waals surface area contributed by atoms with E-state index in [2.05, 4.69) is 10.5 Å². The molecule has 1 aliphatic rings. The number of para-hydroxylation sites is 1. The van der Waals surface area contributed by atoms with E-state index in [1.807, 2.05) is 0 Å². The number of hydrogen-bond acceptors (Lipinski definition) is 7. The van der Waals surface area contributed by atoms with Crippen LogP contribution >= 0.6 is 0 Å². The van der Waals surface area contributed by atoms with E-state index >= 15 is 0 Å². The number of piperazine rings is 1. The van der Waals surface area contributed by atoms with Gasteiger partial charge in [0, 0.05) is 39.1 Å².